The molecule has 0 aromatic carbocycles. The summed E-state index contributed by atoms with van der Waals surface area (Å²) in [6.45, 7) is 6.00. The SMILES string of the molecule is COC(=O)C(CC(C)C)NCC(=O)N1CCCCCC1. The second kappa shape index (κ2) is 8.95. The van der Waals surface area contributed by atoms with E-state index in [1.54, 1.807) is 0 Å². The largest absolute Gasteiger partial charge is 0.468 e. The number of esters is 1. The molecule has 0 spiro atoms. The lowest BCUT2D eigenvalue weighted by molar-refractivity contribution is -0.143. The Morgan fingerprint density at radius 2 is 1.75 bits per heavy atom. The van der Waals surface area contributed by atoms with Crippen LogP contribution in [0.2, 0.25) is 0 Å². The number of rotatable bonds is 6. The average Bonchev–Trinajstić information content (AvgIpc) is 2.70. The number of amides is 1. The van der Waals surface area contributed by atoms with Crippen LogP contribution in [0.5, 0.6) is 0 Å². The van der Waals surface area contributed by atoms with Crippen molar-refractivity contribution in [3.63, 3.8) is 0 Å². The third kappa shape index (κ3) is 5.90. The second-order valence-electron chi connectivity index (χ2n) is 5.88. The molecule has 1 saturated heterocycles. The van der Waals surface area contributed by atoms with E-state index in [2.05, 4.69) is 5.32 Å². The molecule has 0 radical (unpaired) electrons. The first-order valence-corrected chi connectivity index (χ1v) is 7.63. The number of methoxy groups -OCH3 is 1. The molecule has 1 heterocycles. The zero-order valence-electron chi connectivity index (χ0n) is 13.0. The first-order chi connectivity index (χ1) is 9.54. The molecule has 1 amide bonds. The molecule has 5 nitrogen and oxygen atoms in total. The van der Waals surface area contributed by atoms with Crippen LogP contribution in [0.25, 0.3) is 0 Å². The molecule has 1 unspecified atom stereocenters. The maximum atomic E-state index is 12.2. The Bertz CT molecular complexity index is 310. The monoisotopic (exact) mass is 284 g/mol. The summed E-state index contributed by atoms with van der Waals surface area (Å²) in [5.41, 5.74) is 0. The highest BCUT2D eigenvalue weighted by atomic mass is 16.5. The lowest BCUT2D eigenvalue weighted by Crippen LogP contribution is -2.45. The Morgan fingerprint density at radius 3 is 2.25 bits per heavy atom. The molecule has 0 aliphatic carbocycles. The molecule has 20 heavy (non-hydrogen) atoms. The fraction of sp³-hybridized carbons (Fsp3) is 0.867. The summed E-state index contributed by atoms with van der Waals surface area (Å²) in [7, 11) is 1.38. The summed E-state index contributed by atoms with van der Waals surface area (Å²) < 4.78 is 4.78. The van der Waals surface area contributed by atoms with Gasteiger partial charge < -0.3 is 9.64 Å². The Kier molecular flexibility index (Phi) is 7.59. The summed E-state index contributed by atoms with van der Waals surface area (Å²) in [6.07, 6.45) is 5.25. The Hall–Kier alpha value is -1.10. The zero-order valence-corrected chi connectivity index (χ0v) is 13.0. The molecule has 1 aliphatic rings. The van der Waals surface area contributed by atoms with Crippen LogP contribution in [0, 0.1) is 5.92 Å². The Labute approximate surface area is 122 Å². The van der Waals surface area contributed by atoms with Gasteiger partial charge in [-0.15, -0.1) is 0 Å². The summed E-state index contributed by atoms with van der Waals surface area (Å²) in [6, 6.07) is -0.393. The van der Waals surface area contributed by atoms with Crippen molar-refractivity contribution in [2.24, 2.45) is 5.92 Å². The summed E-state index contributed by atoms with van der Waals surface area (Å²) in [5, 5.41) is 3.05. The maximum Gasteiger partial charge on any atom is 0.322 e. The second-order valence-corrected chi connectivity index (χ2v) is 5.88. The van der Waals surface area contributed by atoms with Gasteiger partial charge in [0.15, 0.2) is 0 Å². The van der Waals surface area contributed by atoms with E-state index >= 15 is 0 Å². The molecule has 1 N–H and O–H groups in total. The van der Waals surface area contributed by atoms with Crippen LogP contribution in [0.4, 0.5) is 0 Å². The van der Waals surface area contributed by atoms with Gasteiger partial charge in [0.2, 0.25) is 5.91 Å². The third-order valence-electron chi connectivity index (χ3n) is 3.65. The minimum atomic E-state index is -0.393. The molecule has 1 aliphatic heterocycles. The van der Waals surface area contributed by atoms with Crippen molar-refractivity contribution >= 4 is 11.9 Å². The highest BCUT2D eigenvalue weighted by molar-refractivity contribution is 5.80. The molecule has 0 aromatic rings. The van der Waals surface area contributed by atoms with Crippen molar-refractivity contribution in [1.82, 2.24) is 10.2 Å². The smallest absolute Gasteiger partial charge is 0.322 e. The van der Waals surface area contributed by atoms with Gasteiger partial charge in [-0.3, -0.25) is 14.9 Å². The van der Waals surface area contributed by atoms with Crippen molar-refractivity contribution in [3.8, 4) is 0 Å². The van der Waals surface area contributed by atoms with Gasteiger partial charge in [0, 0.05) is 13.1 Å². The van der Waals surface area contributed by atoms with E-state index in [0.29, 0.717) is 12.3 Å². The van der Waals surface area contributed by atoms with Gasteiger partial charge in [0.1, 0.15) is 6.04 Å². The standard InChI is InChI=1S/C15H28N2O3/c1-12(2)10-13(15(19)20-3)16-11-14(18)17-8-6-4-5-7-9-17/h12-13,16H,4-11H2,1-3H3. The lowest BCUT2D eigenvalue weighted by atomic mass is 10.0. The van der Waals surface area contributed by atoms with Gasteiger partial charge >= 0.3 is 5.97 Å². The Balaban J connectivity index is 2.44. The van der Waals surface area contributed by atoms with Gasteiger partial charge in [0.05, 0.1) is 13.7 Å². The van der Waals surface area contributed by atoms with Gasteiger partial charge in [-0.2, -0.15) is 0 Å². The average molecular weight is 284 g/mol. The van der Waals surface area contributed by atoms with Crippen LogP contribution in [0.3, 0.4) is 0 Å². The van der Waals surface area contributed by atoms with Crippen LogP contribution >= 0.6 is 0 Å². The van der Waals surface area contributed by atoms with E-state index in [9.17, 15) is 9.59 Å². The topological polar surface area (TPSA) is 58.6 Å². The van der Waals surface area contributed by atoms with E-state index in [0.717, 1.165) is 25.9 Å². The molecule has 5 heteroatoms. The van der Waals surface area contributed by atoms with Crippen LogP contribution in [-0.4, -0.2) is 49.6 Å². The van der Waals surface area contributed by atoms with Crippen LogP contribution in [0.1, 0.15) is 46.0 Å². The number of nitrogens with zero attached hydrogens (tertiary/aromatic N) is 1. The first kappa shape index (κ1) is 17.0. The predicted molar refractivity (Wildman–Crippen MR) is 78.3 cm³/mol. The highest BCUT2D eigenvalue weighted by Gasteiger charge is 2.22. The molecule has 0 saturated carbocycles. The zero-order chi connectivity index (χ0) is 15.0. The number of ether oxygens (including phenoxy) is 1. The fourth-order valence-corrected chi connectivity index (χ4v) is 2.52. The van der Waals surface area contributed by atoms with Crippen LogP contribution in [0.15, 0.2) is 0 Å². The van der Waals surface area contributed by atoms with E-state index in [1.165, 1.54) is 20.0 Å². The third-order valence-corrected chi connectivity index (χ3v) is 3.65. The summed E-state index contributed by atoms with van der Waals surface area (Å²) >= 11 is 0. The number of carbonyl (C=O) groups is 2. The quantitative estimate of drug-likeness (QED) is 0.752. The van der Waals surface area contributed by atoms with Crippen molar-refractivity contribution in [2.45, 2.75) is 52.0 Å². The maximum absolute atomic E-state index is 12.2. The number of hydrogen-bond acceptors (Lipinski definition) is 4. The molecule has 0 aromatic heterocycles. The van der Waals surface area contributed by atoms with Gasteiger partial charge in [-0.05, 0) is 25.2 Å². The van der Waals surface area contributed by atoms with E-state index in [1.807, 2.05) is 18.7 Å². The molecular formula is C15H28N2O3. The van der Waals surface area contributed by atoms with Gasteiger partial charge in [-0.1, -0.05) is 26.7 Å². The van der Waals surface area contributed by atoms with Crippen molar-refractivity contribution in [1.29, 1.82) is 0 Å². The Morgan fingerprint density at radius 1 is 1.15 bits per heavy atom. The molecule has 1 atom stereocenters. The molecule has 0 bridgehead atoms. The molecule has 1 rings (SSSR count). The number of carbonyl (C=O) groups excluding carboxylic acids is 2. The lowest BCUT2D eigenvalue weighted by Gasteiger charge is -2.23. The predicted octanol–water partition coefficient (Wildman–Crippen LogP) is 1.57. The first-order valence-electron chi connectivity index (χ1n) is 7.63. The van der Waals surface area contributed by atoms with Gasteiger partial charge in [-0.25, -0.2) is 0 Å². The molecular weight excluding hydrogens is 256 g/mol. The normalized spacial score (nSPS) is 17.7. The van der Waals surface area contributed by atoms with Crippen molar-refractivity contribution < 1.29 is 14.3 Å². The van der Waals surface area contributed by atoms with Crippen molar-refractivity contribution in [2.75, 3.05) is 26.7 Å². The summed E-state index contributed by atoms with van der Waals surface area (Å²) in [4.78, 5) is 25.8. The number of nitrogens with one attached hydrogen (secondary N) is 1. The van der Waals surface area contributed by atoms with E-state index < -0.39 is 6.04 Å². The fourth-order valence-electron chi connectivity index (χ4n) is 2.52. The van der Waals surface area contributed by atoms with Gasteiger partial charge in [0.25, 0.3) is 0 Å². The minimum Gasteiger partial charge on any atom is -0.468 e. The van der Waals surface area contributed by atoms with Crippen molar-refractivity contribution in [3.05, 3.63) is 0 Å². The van der Waals surface area contributed by atoms with Crippen LogP contribution < -0.4 is 5.32 Å². The molecule has 116 valence electrons. The highest BCUT2D eigenvalue weighted by Crippen LogP contribution is 2.10. The van der Waals surface area contributed by atoms with Crippen LogP contribution in [-0.2, 0) is 14.3 Å². The number of likely N-dealkylation sites (tertiary alicyclic amines) is 1. The molecule has 1 fully saturated rings. The minimum absolute atomic E-state index is 0.0876. The van der Waals surface area contributed by atoms with E-state index in [4.69, 9.17) is 4.74 Å². The summed E-state index contributed by atoms with van der Waals surface area (Å²) in [5.74, 6) is 0.173. The number of hydrogen-bond donors (Lipinski definition) is 1. The van der Waals surface area contributed by atoms with E-state index in [-0.39, 0.29) is 18.4 Å².